The number of hydrogen-bond acceptors (Lipinski definition) is 4. The first-order chi connectivity index (χ1) is 13.9. The molecule has 0 heterocycles. The van der Waals surface area contributed by atoms with Crippen molar-refractivity contribution in [2.45, 2.75) is 6.42 Å². The Bertz CT molecular complexity index is 1110. The molecule has 0 fully saturated rings. The van der Waals surface area contributed by atoms with E-state index in [1.54, 1.807) is 6.21 Å². The lowest BCUT2D eigenvalue weighted by atomic mass is 10.1. The zero-order valence-electron chi connectivity index (χ0n) is 16.2. The van der Waals surface area contributed by atoms with E-state index >= 15 is 0 Å². The van der Waals surface area contributed by atoms with Crippen LogP contribution >= 0.6 is 0 Å². The highest BCUT2D eigenvalue weighted by Crippen LogP contribution is 2.16. The second-order valence-corrected chi connectivity index (χ2v) is 8.68. The van der Waals surface area contributed by atoms with Gasteiger partial charge in [0, 0.05) is 12.1 Å². The molecular formula is C22H23N3O3S. The third kappa shape index (κ3) is 5.97. The number of amides is 1. The van der Waals surface area contributed by atoms with Crippen LogP contribution in [0.1, 0.15) is 11.1 Å². The van der Waals surface area contributed by atoms with Crippen LogP contribution in [0.25, 0.3) is 10.8 Å². The molecule has 0 atom stereocenters. The Morgan fingerprint density at radius 1 is 1.00 bits per heavy atom. The number of hydrazone groups is 1. The van der Waals surface area contributed by atoms with E-state index in [1.165, 1.54) is 0 Å². The Morgan fingerprint density at radius 3 is 2.45 bits per heavy atom. The summed E-state index contributed by atoms with van der Waals surface area (Å²) in [6, 6.07) is 23.3. The Hall–Kier alpha value is -3.03. The summed E-state index contributed by atoms with van der Waals surface area (Å²) in [5.41, 5.74) is 4.30. The molecule has 0 radical (unpaired) electrons. The van der Waals surface area contributed by atoms with Crippen LogP contribution in [0.5, 0.6) is 0 Å². The zero-order valence-corrected chi connectivity index (χ0v) is 17.0. The topological polar surface area (TPSA) is 78.8 Å². The summed E-state index contributed by atoms with van der Waals surface area (Å²) in [4.78, 5) is 12.2. The van der Waals surface area contributed by atoms with E-state index in [0.717, 1.165) is 32.5 Å². The largest absolute Gasteiger partial charge is 0.272 e. The molecule has 0 saturated heterocycles. The summed E-state index contributed by atoms with van der Waals surface area (Å²) in [7, 11) is -3.52. The van der Waals surface area contributed by atoms with Crippen molar-refractivity contribution in [2.75, 3.05) is 19.3 Å². The van der Waals surface area contributed by atoms with E-state index < -0.39 is 15.9 Å². The van der Waals surface area contributed by atoms with Gasteiger partial charge in [-0.2, -0.15) is 9.41 Å². The molecular weight excluding hydrogens is 386 g/mol. The van der Waals surface area contributed by atoms with Gasteiger partial charge in [0.05, 0.1) is 19.0 Å². The van der Waals surface area contributed by atoms with Crippen molar-refractivity contribution < 1.29 is 13.2 Å². The Labute approximate surface area is 170 Å². The maximum atomic E-state index is 12.2. The van der Waals surface area contributed by atoms with Crippen LogP contribution in [0.2, 0.25) is 0 Å². The van der Waals surface area contributed by atoms with E-state index in [4.69, 9.17) is 0 Å². The fraction of sp³-hybridized carbons (Fsp3) is 0.182. The molecule has 0 saturated carbocycles. The summed E-state index contributed by atoms with van der Waals surface area (Å²) in [6.07, 6.45) is 3.19. The van der Waals surface area contributed by atoms with Crippen molar-refractivity contribution in [3.63, 3.8) is 0 Å². The third-order valence-corrected chi connectivity index (χ3v) is 5.75. The number of benzene rings is 3. The summed E-state index contributed by atoms with van der Waals surface area (Å²) in [5.74, 6) is -0.486. The number of carbonyl (C=O) groups is 1. The summed E-state index contributed by atoms with van der Waals surface area (Å²) in [5, 5.41) is 6.10. The van der Waals surface area contributed by atoms with Gasteiger partial charge in [0.1, 0.15) is 0 Å². The molecule has 0 aromatic heterocycles. The summed E-state index contributed by atoms with van der Waals surface area (Å²) >= 11 is 0. The van der Waals surface area contributed by atoms with Crippen LogP contribution in [0.3, 0.4) is 0 Å². The lowest BCUT2D eigenvalue weighted by Gasteiger charge is -2.18. The average Bonchev–Trinajstić information content (AvgIpc) is 2.71. The molecule has 0 aliphatic carbocycles. The van der Waals surface area contributed by atoms with Crippen molar-refractivity contribution in [1.29, 1.82) is 0 Å². The number of fused-ring (bicyclic) bond motifs is 1. The lowest BCUT2D eigenvalue weighted by molar-refractivity contribution is -0.121. The molecule has 0 spiro atoms. The molecule has 3 aromatic rings. The van der Waals surface area contributed by atoms with E-state index in [9.17, 15) is 13.2 Å². The van der Waals surface area contributed by atoms with Gasteiger partial charge in [-0.25, -0.2) is 13.8 Å². The molecule has 0 bridgehead atoms. The molecule has 0 unspecified atom stereocenters. The minimum Gasteiger partial charge on any atom is -0.272 e. The monoisotopic (exact) mass is 409 g/mol. The molecule has 1 N–H and O–H groups in total. The average molecular weight is 410 g/mol. The zero-order chi connectivity index (χ0) is 20.7. The van der Waals surface area contributed by atoms with Gasteiger partial charge in [-0.1, -0.05) is 72.8 Å². The highest BCUT2D eigenvalue weighted by atomic mass is 32.2. The Balaban J connectivity index is 1.61. The van der Waals surface area contributed by atoms with Gasteiger partial charge in [0.2, 0.25) is 10.0 Å². The lowest BCUT2D eigenvalue weighted by Crippen LogP contribution is -2.40. The fourth-order valence-electron chi connectivity index (χ4n) is 2.99. The van der Waals surface area contributed by atoms with Gasteiger partial charge in [-0.15, -0.1) is 0 Å². The van der Waals surface area contributed by atoms with Crippen molar-refractivity contribution in [3.8, 4) is 0 Å². The standard InChI is InChI=1S/C22H23N3O3S/c1-29(27,28)25(15-14-18-8-3-2-4-9-18)17-22(26)24-23-16-20-12-7-11-19-10-5-6-13-21(19)20/h2-13,16H,14-15,17H2,1H3,(H,24,26). The molecule has 0 aliphatic heterocycles. The maximum Gasteiger partial charge on any atom is 0.255 e. The first kappa shape index (κ1) is 20.7. The summed E-state index contributed by atoms with van der Waals surface area (Å²) < 4.78 is 25.2. The molecule has 1 amide bonds. The molecule has 3 aromatic carbocycles. The van der Waals surface area contributed by atoms with Crippen LogP contribution in [-0.2, 0) is 21.2 Å². The quantitative estimate of drug-likeness (QED) is 0.459. The van der Waals surface area contributed by atoms with Crippen LogP contribution in [-0.4, -0.2) is 44.2 Å². The van der Waals surface area contributed by atoms with E-state index in [-0.39, 0.29) is 13.1 Å². The second-order valence-electron chi connectivity index (χ2n) is 6.69. The van der Waals surface area contributed by atoms with Gasteiger partial charge in [-0.3, -0.25) is 4.79 Å². The fourth-order valence-corrected chi connectivity index (χ4v) is 3.77. The first-order valence-electron chi connectivity index (χ1n) is 9.22. The van der Waals surface area contributed by atoms with E-state index in [2.05, 4.69) is 10.5 Å². The normalized spacial score (nSPS) is 11.9. The highest BCUT2D eigenvalue weighted by molar-refractivity contribution is 7.88. The smallest absolute Gasteiger partial charge is 0.255 e. The minimum atomic E-state index is -3.52. The van der Waals surface area contributed by atoms with Crippen LogP contribution in [0.4, 0.5) is 0 Å². The highest BCUT2D eigenvalue weighted by Gasteiger charge is 2.19. The predicted octanol–water partition coefficient (Wildman–Crippen LogP) is 2.79. The summed E-state index contributed by atoms with van der Waals surface area (Å²) in [6.45, 7) is -0.0537. The van der Waals surface area contributed by atoms with Gasteiger partial charge in [0.15, 0.2) is 0 Å². The van der Waals surface area contributed by atoms with Crippen molar-refractivity contribution in [2.24, 2.45) is 5.10 Å². The number of rotatable bonds is 8. The molecule has 7 heteroatoms. The van der Waals surface area contributed by atoms with Crippen molar-refractivity contribution in [1.82, 2.24) is 9.73 Å². The molecule has 0 aliphatic rings. The number of sulfonamides is 1. The predicted molar refractivity (Wildman–Crippen MR) is 116 cm³/mol. The number of hydrogen-bond donors (Lipinski definition) is 1. The van der Waals surface area contributed by atoms with E-state index in [1.807, 2.05) is 72.8 Å². The second kappa shape index (κ2) is 9.45. The van der Waals surface area contributed by atoms with Crippen LogP contribution in [0.15, 0.2) is 77.9 Å². The van der Waals surface area contributed by atoms with Gasteiger partial charge in [0.25, 0.3) is 5.91 Å². The molecule has 6 nitrogen and oxygen atoms in total. The van der Waals surface area contributed by atoms with Crippen molar-refractivity contribution >= 4 is 32.9 Å². The van der Waals surface area contributed by atoms with Gasteiger partial charge < -0.3 is 0 Å². The Morgan fingerprint density at radius 2 is 1.69 bits per heavy atom. The van der Waals surface area contributed by atoms with Crippen molar-refractivity contribution in [3.05, 3.63) is 83.9 Å². The maximum absolute atomic E-state index is 12.2. The SMILES string of the molecule is CS(=O)(=O)N(CCc1ccccc1)CC(=O)NN=Cc1cccc2ccccc12. The number of nitrogens with one attached hydrogen (secondary N) is 1. The van der Waals surface area contributed by atoms with E-state index in [0.29, 0.717) is 6.42 Å². The number of carbonyl (C=O) groups excluding carboxylic acids is 1. The molecule has 3 rings (SSSR count). The van der Waals surface area contributed by atoms with Crippen LogP contribution in [0, 0.1) is 0 Å². The minimum absolute atomic E-state index is 0.225. The third-order valence-electron chi connectivity index (χ3n) is 4.50. The number of nitrogens with zero attached hydrogens (tertiary/aromatic N) is 2. The first-order valence-corrected chi connectivity index (χ1v) is 11.1. The van der Waals surface area contributed by atoms with Gasteiger partial charge in [-0.05, 0) is 22.8 Å². The molecule has 29 heavy (non-hydrogen) atoms. The van der Waals surface area contributed by atoms with Crippen LogP contribution < -0.4 is 5.43 Å². The Kier molecular flexibility index (Phi) is 6.74. The molecule has 150 valence electrons. The van der Waals surface area contributed by atoms with Gasteiger partial charge >= 0.3 is 0 Å².